The third-order valence-electron chi connectivity index (χ3n) is 5.07. The highest BCUT2D eigenvalue weighted by Crippen LogP contribution is 2.37. The summed E-state index contributed by atoms with van der Waals surface area (Å²) in [4.78, 5) is 28.1. The van der Waals surface area contributed by atoms with Crippen LogP contribution in [-0.2, 0) is 9.59 Å². The van der Waals surface area contributed by atoms with E-state index in [4.69, 9.17) is 4.74 Å². The maximum Gasteiger partial charge on any atom is 0.282 e. The van der Waals surface area contributed by atoms with E-state index >= 15 is 0 Å². The van der Waals surface area contributed by atoms with E-state index in [0.29, 0.717) is 22.6 Å². The fraction of sp³-hybridized carbons (Fsp3) is 0.120. The van der Waals surface area contributed by atoms with E-state index < -0.39 is 5.91 Å². The van der Waals surface area contributed by atoms with Crippen LogP contribution in [0.25, 0.3) is 5.57 Å². The zero-order chi connectivity index (χ0) is 21.3. The van der Waals surface area contributed by atoms with Gasteiger partial charge in [-0.3, -0.25) is 9.59 Å². The number of benzene rings is 3. The van der Waals surface area contributed by atoms with Crippen LogP contribution in [0.3, 0.4) is 0 Å². The van der Waals surface area contributed by atoms with E-state index in [1.807, 2.05) is 62.4 Å². The van der Waals surface area contributed by atoms with Gasteiger partial charge in [-0.1, -0.05) is 53.6 Å². The van der Waals surface area contributed by atoms with Crippen LogP contribution in [0.2, 0.25) is 0 Å². The molecule has 3 aromatic carbocycles. The molecule has 0 aromatic heterocycles. The van der Waals surface area contributed by atoms with Crippen molar-refractivity contribution < 1.29 is 14.3 Å². The van der Waals surface area contributed by atoms with E-state index in [2.05, 4.69) is 5.32 Å². The highest BCUT2D eigenvalue weighted by molar-refractivity contribution is 6.46. The second kappa shape index (κ2) is 7.87. The molecule has 0 radical (unpaired) electrons. The molecule has 0 spiro atoms. The van der Waals surface area contributed by atoms with Crippen LogP contribution in [0.15, 0.2) is 78.5 Å². The molecule has 3 aromatic rings. The molecule has 1 aliphatic heterocycles. The molecule has 2 amide bonds. The van der Waals surface area contributed by atoms with Gasteiger partial charge in [0.05, 0.1) is 18.4 Å². The van der Waals surface area contributed by atoms with Gasteiger partial charge in [0.2, 0.25) is 0 Å². The highest BCUT2D eigenvalue weighted by atomic mass is 16.5. The molecule has 0 fully saturated rings. The highest BCUT2D eigenvalue weighted by Gasteiger charge is 2.41. The number of carbonyl (C=O) groups excluding carboxylic acids is 2. The van der Waals surface area contributed by atoms with Crippen molar-refractivity contribution in [1.82, 2.24) is 0 Å². The normalized spacial score (nSPS) is 13.8. The van der Waals surface area contributed by atoms with Gasteiger partial charge >= 0.3 is 0 Å². The lowest BCUT2D eigenvalue weighted by Gasteiger charge is -2.16. The summed E-state index contributed by atoms with van der Waals surface area (Å²) in [7, 11) is 1.55. The molecule has 0 unspecified atom stereocenters. The Bertz CT molecular complexity index is 1150. The van der Waals surface area contributed by atoms with Crippen LogP contribution in [0, 0.1) is 13.8 Å². The summed E-state index contributed by atoms with van der Waals surface area (Å²) in [5, 5.41) is 3.17. The van der Waals surface area contributed by atoms with Crippen molar-refractivity contribution >= 4 is 28.8 Å². The molecule has 0 bridgehead atoms. The molecule has 4 rings (SSSR count). The van der Waals surface area contributed by atoms with Gasteiger partial charge in [-0.2, -0.15) is 0 Å². The van der Waals surface area contributed by atoms with Crippen molar-refractivity contribution in [2.75, 3.05) is 17.3 Å². The Hall–Kier alpha value is -3.86. The quantitative estimate of drug-likeness (QED) is 0.633. The smallest absolute Gasteiger partial charge is 0.282 e. The SMILES string of the molecule is COc1ccccc1C1=C(Nc2ccc(C)cc2)C(=O)N(c2ccc(C)cc2)C1=O. The van der Waals surface area contributed by atoms with Crippen LogP contribution in [0.5, 0.6) is 5.75 Å². The van der Waals surface area contributed by atoms with Crippen LogP contribution in [-0.4, -0.2) is 18.9 Å². The van der Waals surface area contributed by atoms with Gasteiger partial charge in [0.1, 0.15) is 11.4 Å². The minimum absolute atomic E-state index is 0.230. The lowest BCUT2D eigenvalue weighted by Crippen LogP contribution is -2.32. The summed E-state index contributed by atoms with van der Waals surface area (Å²) in [6.07, 6.45) is 0. The molecule has 0 aliphatic carbocycles. The van der Waals surface area contributed by atoms with Gasteiger partial charge < -0.3 is 10.1 Å². The summed E-state index contributed by atoms with van der Waals surface area (Å²) in [6, 6.07) is 22.2. The number of para-hydroxylation sites is 1. The summed E-state index contributed by atoms with van der Waals surface area (Å²) in [6.45, 7) is 3.95. The monoisotopic (exact) mass is 398 g/mol. The Morgan fingerprint density at radius 3 is 2.00 bits per heavy atom. The molecule has 0 saturated carbocycles. The molecular weight excluding hydrogens is 376 g/mol. The predicted octanol–water partition coefficient (Wildman–Crippen LogP) is 4.71. The van der Waals surface area contributed by atoms with Crippen LogP contribution < -0.4 is 15.0 Å². The number of ether oxygens (including phenoxy) is 1. The van der Waals surface area contributed by atoms with E-state index in [1.165, 1.54) is 4.90 Å². The third kappa shape index (κ3) is 3.46. The number of aryl methyl sites for hydroxylation is 2. The average Bonchev–Trinajstić information content (AvgIpc) is 3.00. The second-order valence-electron chi connectivity index (χ2n) is 7.22. The first kappa shape index (κ1) is 19.5. The summed E-state index contributed by atoms with van der Waals surface area (Å²) >= 11 is 0. The molecule has 150 valence electrons. The minimum atomic E-state index is -0.398. The first-order valence-corrected chi connectivity index (χ1v) is 9.66. The zero-order valence-corrected chi connectivity index (χ0v) is 17.1. The number of hydrogen-bond donors (Lipinski definition) is 1. The number of amides is 2. The maximum atomic E-state index is 13.5. The largest absolute Gasteiger partial charge is 0.496 e. The van der Waals surface area contributed by atoms with E-state index in [9.17, 15) is 9.59 Å². The van der Waals surface area contributed by atoms with Gasteiger partial charge in [0, 0.05) is 11.3 Å². The van der Waals surface area contributed by atoms with Crippen molar-refractivity contribution in [3.8, 4) is 5.75 Å². The molecular formula is C25H22N2O3. The van der Waals surface area contributed by atoms with Crippen molar-refractivity contribution in [3.63, 3.8) is 0 Å². The summed E-state index contributed by atoms with van der Waals surface area (Å²) in [5.74, 6) is -0.254. The topological polar surface area (TPSA) is 58.6 Å². The number of hydrogen-bond acceptors (Lipinski definition) is 4. The maximum absolute atomic E-state index is 13.5. The molecule has 30 heavy (non-hydrogen) atoms. The van der Waals surface area contributed by atoms with E-state index in [-0.39, 0.29) is 11.6 Å². The Kier molecular flexibility index (Phi) is 5.11. The van der Waals surface area contributed by atoms with Crippen LogP contribution in [0.1, 0.15) is 16.7 Å². The average molecular weight is 398 g/mol. The Balaban J connectivity index is 1.85. The summed E-state index contributed by atoms with van der Waals surface area (Å²) < 4.78 is 5.47. The molecule has 1 N–H and O–H groups in total. The molecule has 5 heteroatoms. The number of carbonyl (C=O) groups is 2. The van der Waals surface area contributed by atoms with E-state index in [1.54, 1.807) is 31.4 Å². The Labute approximate surface area is 175 Å². The number of methoxy groups -OCH3 is 1. The van der Waals surface area contributed by atoms with Crippen molar-refractivity contribution in [3.05, 3.63) is 95.2 Å². The number of nitrogens with one attached hydrogen (secondary N) is 1. The Morgan fingerprint density at radius 2 is 1.37 bits per heavy atom. The first-order chi connectivity index (χ1) is 14.5. The second-order valence-corrected chi connectivity index (χ2v) is 7.22. The fourth-order valence-electron chi connectivity index (χ4n) is 3.46. The fourth-order valence-corrected chi connectivity index (χ4v) is 3.46. The number of rotatable bonds is 5. The van der Waals surface area contributed by atoms with Gasteiger partial charge in [-0.25, -0.2) is 4.90 Å². The van der Waals surface area contributed by atoms with Crippen molar-refractivity contribution in [1.29, 1.82) is 0 Å². The molecule has 0 saturated heterocycles. The molecule has 0 atom stereocenters. The first-order valence-electron chi connectivity index (χ1n) is 9.66. The number of imide groups is 1. The van der Waals surface area contributed by atoms with Gasteiger partial charge in [-0.05, 0) is 44.2 Å². The standard InChI is InChI=1S/C25H22N2O3/c1-16-8-12-18(13-9-16)26-23-22(20-6-4-5-7-21(20)30-3)24(28)27(25(23)29)19-14-10-17(2)11-15-19/h4-15,26H,1-3H3. The van der Waals surface area contributed by atoms with Crippen LogP contribution >= 0.6 is 0 Å². The zero-order valence-electron chi connectivity index (χ0n) is 17.1. The minimum Gasteiger partial charge on any atom is -0.496 e. The number of anilines is 2. The van der Waals surface area contributed by atoms with Crippen molar-refractivity contribution in [2.24, 2.45) is 0 Å². The lowest BCUT2D eigenvalue weighted by atomic mass is 10.0. The lowest BCUT2D eigenvalue weighted by molar-refractivity contribution is -0.120. The Morgan fingerprint density at radius 1 is 0.767 bits per heavy atom. The van der Waals surface area contributed by atoms with Crippen molar-refractivity contribution in [2.45, 2.75) is 13.8 Å². The predicted molar refractivity (Wildman–Crippen MR) is 118 cm³/mol. The summed E-state index contributed by atoms with van der Waals surface area (Å²) in [5.41, 5.74) is 4.51. The third-order valence-corrected chi connectivity index (χ3v) is 5.07. The van der Waals surface area contributed by atoms with Gasteiger partial charge in [-0.15, -0.1) is 0 Å². The molecule has 5 nitrogen and oxygen atoms in total. The molecule has 1 heterocycles. The van der Waals surface area contributed by atoms with Gasteiger partial charge in [0.25, 0.3) is 11.8 Å². The molecule has 1 aliphatic rings. The van der Waals surface area contributed by atoms with Crippen LogP contribution in [0.4, 0.5) is 11.4 Å². The van der Waals surface area contributed by atoms with E-state index in [0.717, 1.165) is 16.8 Å². The van der Waals surface area contributed by atoms with Gasteiger partial charge in [0.15, 0.2) is 0 Å². The number of nitrogens with zero attached hydrogens (tertiary/aromatic N) is 1.